The van der Waals surface area contributed by atoms with Gasteiger partial charge in [-0.05, 0) is 38.2 Å². The van der Waals surface area contributed by atoms with Gasteiger partial charge >= 0.3 is 5.97 Å². The van der Waals surface area contributed by atoms with E-state index in [4.69, 9.17) is 5.11 Å². The van der Waals surface area contributed by atoms with E-state index in [2.05, 4.69) is 9.97 Å². The molecule has 0 bridgehead atoms. The third-order valence-corrected chi connectivity index (χ3v) is 3.19. The molecule has 0 saturated heterocycles. The Morgan fingerprint density at radius 1 is 1.31 bits per heavy atom. The first-order chi connectivity index (χ1) is 7.70. The molecule has 16 heavy (non-hydrogen) atoms. The first-order valence-corrected chi connectivity index (χ1v) is 5.75. The minimum Gasteiger partial charge on any atom is -0.481 e. The van der Waals surface area contributed by atoms with E-state index in [0.29, 0.717) is 5.69 Å². The van der Waals surface area contributed by atoms with E-state index >= 15 is 0 Å². The summed E-state index contributed by atoms with van der Waals surface area (Å²) in [7, 11) is 0. The van der Waals surface area contributed by atoms with Crippen LogP contribution in [0.25, 0.3) is 0 Å². The van der Waals surface area contributed by atoms with E-state index in [0.717, 1.165) is 36.9 Å². The van der Waals surface area contributed by atoms with Gasteiger partial charge < -0.3 is 5.11 Å². The molecule has 4 heteroatoms. The molecular formula is C12H16N2O2. The number of aryl methyl sites for hydroxylation is 1. The second-order valence-electron chi connectivity index (χ2n) is 4.30. The lowest BCUT2D eigenvalue weighted by Gasteiger charge is -2.13. The molecule has 1 unspecified atom stereocenters. The summed E-state index contributed by atoms with van der Waals surface area (Å²) in [5.41, 5.74) is 2.84. The first kappa shape index (κ1) is 11.0. The number of fused-ring (bicyclic) bond motifs is 1. The maximum Gasteiger partial charge on any atom is 0.312 e. The lowest BCUT2D eigenvalue weighted by molar-refractivity contribution is -0.138. The van der Waals surface area contributed by atoms with Crippen LogP contribution in [-0.4, -0.2) is 21.0 Å². The van der Waals surface area contributed by atoms with Crippen LogP contribution in [0.15, 0.2) is 6.33 Å². The number of aromatic nitrogens is 2. The predicted molar refractivity (Wildman–Crippen MR) is 59.3 cm³/mol. The van der Waals surface area contributed by atoms with Crippen LogP contribution in [0.1, 0.15) is 49.1 Å². The van der Waals surface area contributed by atoms with Crippen LogP contribution < -0.4 is 0 Å². The van der Waals surface area contributed by atoms with Crippen molar-refractivity contribution < 1.29 is 9.90 Å². The maximum atomic E-state index is 11.0. The van der Waals surface area contributed by atoms with Gasteiger partial charge in [0.15, 0.2) is 0 Å². The van der Waals surface area contributed by atoms with Gasteiger partial charge in [-0.1, -0.05) is 6.42 Å². The average Bonchev–Trinajstić information content (AvgIpc) is 2.52. The van der Waals surface area contributed by atoms with Crippen LogP contribution >= 0.6 is 0 Å². The first-order valence-electron chi connectivity index (χ1n) is 5.75. The highest BCUT2D eigenvalue weighted by atomic mass is 16.4. The van der Waals surface area contributed by atoms with Gasteiger partial charge in [-0.2, -0.15) is 0 Å². The van der Waals surface area contributed by atoms with Crippen molar-refractivity contribution in [3.05, 3.63) is 23.3 Å². The van der Waals surface area contributed by atoms with Crippen LogP contribution in [0, 0.1) is 0 Å². The molecule has 1 N–H and O–H groups in total. The van der Waals surface area contributed by atoms with Gasteiger partial charge in [-0.15, -0.1) is 0 Å². The van der Waals surface area contributed by atoms with Gasteiger partial charge in [0, 0.05) is 5.69 Å². The molecule has 4 nitrogen and oxygen atoms in total. The zero-order valence-corrected chi connectivity index (χ0v) is 9.44. The van der Waals surface area contributed by atoms with E-state index in [9.17, 15) is 4.79 Å². The summed E-state index contributed by atoms with van der Waals surface area (Å²) in [6, 6.07) is 0. The van der Waals surface area contributed by atoms with E-state index in [1.165, 1.54) is 12.7 Å². The number of carboxylic acid groups (broad SMARTS) is 1. The molecule has 2 rings (SSSR count). The predicted octanol–water partition coefficient (Wildman–Crippen LogP) is 1.93. The summed E-state index contributed by atoms with van der Waals surface area (Å²) < 4.78 is 0. The molecule has 0 radical (unpaired) electrons. The van der Waals surface area contributed by atoms with Crippen LogP contribution in [0.4, 0.5) is 0 Å². The van der Waals surface area contributed by atoms with Crippen molar-refractivity contribution >= 4 is 5.97 Å². The van der Waals surface area contributed by atoms with Crippen LogP contribution in [0.3, 0.4) is 0 Å². The Balaban J connectivity index is 2.42. The van der Waals surface area contributed by atoms with Gasteiger partial charge in [0.05, 0.1) is 11.6 Å². The summed E-state index contributed by atoms with van der Waals surface area (Å²) in [4.78, 5) is 19.5. The van der Waals surface area contributed by atoms with Crippen LogP contribution in [0.5, 0.6) is 0 Å². The Hall–Kier alpha value is -1.45. The Bertz CT molecular complexity index is 404. The minimum absolute atomic E-state index is 0.533. The fraction of sp³-hybridized carbons (Fsp3) is 0.583. The van der Waals surface area contributed by atoms with Crippen LogP contribution in [-0.2, 0) is 17.6 Å². The van der Waals surface area contributed by atoms with Crippen molar-refractivity contribution in [2.45, 2.75) is 44.9 Å². The molecule has 1 aliphatic rings. The lowest BCUT2D eigenvalue weighted by atomic mass is 9.98. The molecule has 0 saturated carbocycles. The highest BCUT2D eigenvalue weighted by Crippen LogP contribution is 2.25. The fourth-order valence-electron chi connectivity index (χ4n) is 2.21. The summed E-state index contributed by atoms with van der Waals surface area (Å²) in [6.45, 7) is 1.69. The van der Waals surface area contributed by atoms with E-state index in [-0.39, 0.29) is 0 Å². The molecule has 1 aromatic rings. The van der Waals surface area contributed by atoms with Gasteiger partial charge in [0.1, 0.15) is 6.33 Å². The highest BCUT2D eigenvalue weighted by Gasteiger charge is 2.22. The van der Waals surface area contributed by atoms with E-state index in [1.807, 2.05) is 0 Å². The van der Waals surface area contributed by atoms with E-state index in [1.54, 1.807) is 6.92 Å². The number of carboxylic acids is 1. The third-order valence-electron chi connectivity index (χ3n) is 3.19. The summed E-state index contributed by atoms with van der Waals surface area (Å²) in [5.74, 6) is -1.35. The number of nitrogens with zero attached hydrogens (tertiary/aromatic N) is 2. The SMILES string of the molecule is CC(C(=O)O)c1ncnc2c1CCCCC2. The molecular weight excluding hydrogens is 204 g/mol. The lowest BCUT2D eigenvalue weighted by Crippen LogP contribution is -2.14. The second-order valence-corrected chi connectivity index (χ2v) is 4.30. The normalized spacial score (nSPS) is 17.3. The molecule has 1 heterocycles. The average molecular weight is 220 g/mol. The van der Waals surface area contributed by atoms with Gasteiger partial charge in [-0.3, -0.25) is 4.79 Å². The zero-order chi connectivity index (χ0) is 11.5. The van der Waals surface area contributed by atoms with Crippen molar-refractivity contribution in [1.29, 1.82) is 0 Å². The minimum atomic E-state index is -0.815. The molecule has 0 aliphatic heterocycles. The molecule has 86 valence electrons. The maximum absolute atomic E-state index is 11.0. The van der Waals surface area contributed by atoms with Crippen LogP contribution in [0.2, 0.25) is 0 Å². The summed E-state index contributed by atoms with van der Waals surface area (Å²) >= 11 is 0. The number of aliphatic carboxylic acids is 1. The smallest absolute Gasteiger partial charge is 0.312 e. The Morgan fingerprint density at radius 2 is 2.06 bits per heavy atom. The number of carbonyl (C=O) groups is 1. The number of rotatable bonds is 2. The van der Waals surface area contributed by atoms with E-state index < -0.39 is 11.9 Å². The highest BCUT2D eigenvalue weighted by molar-refractivity contribution is 5.75. The van der Waals surface area contributed by atoms with Crippen molar-refractivity contribution in [1.82, 2.24) is 9.97 Å². The zero-order valence-electron chi connectivity index (χ0n) is 9.44. The third kappa shape index (κ3) is 2.05. The molecule has 0 amide bonds. The summed E-state index contributed by atoms with van der Waals surface area (Å²) in [6.07, 6.45) is 6.82. The topological polar surface area (TPSA) is 63.1 Å². The molecule has 1 aliphatic carbocycles. The Morgan fingerprint density at radius 3 is 2.81 bits per heavy atom. The Kier molecular flexibility index (Phi) is 3.17. The number of hydrogen-bond donors (Lipinski definition) is 1. The number of hydrogen-bond acceptors (Lipinski definition) is 3. The van der Waals surface area contributed by atoms with Crippen molar-refractivity contribution in [2.75, 3.05) is 0 Å². The largest absolute Gasteiger partial charge is 0.481 e. The van der Waals surface area contributed by atoms with Crippen molar-refractivity contribution in [3.8, 4) is 0 Å². The molecule has 1 atom stereocenters. The van der Waals surface area contributed by atoms with Gasteiger partial charge in [0.25, 0.3) is 0 Å². The standard InChI is InChI=1S/C12H16N2O2/c1-8(12(15)16)11-9-5-3-2-4-6-10(9)13-7-14-11/h7-8H,2-6H2,1H3,(H,15,16). The van der Waals surface area contributed by atoms with Crippen molar-refractivity contribution in [2.24, 2.45) is 0 Å². The monoisotopic (exact) mass is 220 g/mol. The molecule has 1 aromatic heterocycles. The fourth-order valence-corrected chi connectivity index (χ4v) is 2.21. The Labute approximate surface area is 94.7 Å². The quantitative estimate of drug-likeness (QED) is 0.773. The molecule has 0 spiro atoms. The van der Waals surface area contributed by atoms with Gasteiger partial charge in [0.2, 0.25) is 0 Å². The van der Waals surface area contributed by atoms with Gasteiger partial charge in [-0.25, -0.2) is 9.97 Å². The molecule has 0 fully saturated rings. The summed E-state index contributed by atoms with van der Waals surface area (Å²) in [5, 5.41) is 9.05. The second kappa shape index (κ2) is 4.60. The van der Waals surface area contributed by atoms with Crippen molar-refractivity contribution in [3.63, 3.8) is 0 Å². The molecule has 0 aromatic carbocycles.